The highest BCUT2D eigenvalue weighted by molar-refractivity contribution is 7.92. The molecule has 5 rings (SSSR count). The fourth-order valence-electron chi connectivity index (χ4n) is 4.29. The van der Waals surface area contributed by atoms with Crippen LogP contribution in [0, 0.1) is 0 Å². The minimum absolute atomic E-state index is 0.0553. The number of aryl methyl sites for hydroxylation is 2. The molecule has 0 aliphatic rings. The highest BCUT2D eigenvalue weighted by Crippen LogP contribution is 2.37. The third kappa shape index (κ3) is 5.85. The maximum atomic E-state index is 13.5. The number of halogens is 1. The topological polar surface area (TPSA) is 123 Å². The van der Waals surface area contributed by atoms with Crippen LogP contribution in [0.1, 0.15) is 5.56 Å². The van der Waals surface area contributed by atoms with Crippen LogP contribution in [-0.2, 0) is 30.7 Å². The van der Waals surface area contributed by atoms with Crippen molar-refractivity contribution in [2.75, 3.05) is 18.9 Å². The van der Waals surface area contributed by atoms with Gasteiger partial charge in [-0.05, 0) is 36.4 Å². The fraction of sp³-hybridized carbons (Fsp3) is 0.172. The minimum atomic E-state index is -4.12. The Balaban J connectivity index is 1.50. The molecule has 11 nitrogen and oxygen atoms in total. The molecule has 0 aliphatic heterocycles. The number of ether oxygens (including phenoxy) is 4. The van der Waals surface area contributed by atoms with E-state index in [4.69, 9.17) is 30.5 Å². The zero-order valence-electron chi connectivity index (χ0n) is 23.1. The number of benzene rings is 3. The second-order valence-corrected chi connectivity index (χ2v) is 11.3. The molecule has 2 aromatic heterocycles. The van der Waals surface area contributed by atoms with E-state index in [0.717, 1.165) is 5.56 Å². The Labute approximate surface area is 246 Å². The van der Waals surface area contributed by atoms with Gasteiger partial charge >= 0.3 is 5.69 Å². The van der Waals surface area contributed by atoms with E-state index in [2.05, 4.69) is 9.71 Å². The molecule has 0 fully saturated rings. The van der Waals surface area contributed by atoms with E-state index in [1.807, 2.05) is 6.07 Å². The van der Waals surface area contributed by atoms with Crippen molar-refractivity contribution in [1.82, 2.24) is 14.1 Å². The maximum Gasteiger partial charge on any atom is 0.328 e. The van der Waals surface area contributed by atoms with Crippen molar-refractivity contribution in [3.8, 4) is 28.7 Å². The number of sulfonamides is 1. The van der Waals surface area contributed by atoms with Gasteiger partial charge < -0.3 is 18.9 Å². The fourth-order valence-corrected chi connectivity index (χ4v) is 5.48. The largest absolute Gasteiger partial charge is 0.493 e. The summed E-state index contributed by atoms with van der Waals surface area (Å²) in [4.78, 5) is 16.6. The SMILES string of the molecule is COc1ccc(S(=O)(=O)Nc2cc3c(cc2Oc2cccc(OCc4ccc(Cl)nc4)c2)n(C)c(=O)n3C)cc1OC. The summed E-state index contributed by atoms with van der Waals surface area (Å²) in [5.74, 6) is 1.71. The first kappa shape index (κ1) is 28.8. The van der Waals surface area contributed by atoms with Gasteiger partial charge in [0.2, 0.25) is 0 Å². The van der Waals surface area contributed by atoms with E-state index in [0.29, 0.717) is 33.4 Å². The normalized spacial score (nSPS) is 11.4. The van der Waals surface area contributed by atoms with Crippen LogP contribution in [0.25, 0.3) is 11.0 Å². The van der Waals surface area contributed by atoms with Gasteiger partial charge in [-0.1, -0.05) is 23.7 Å². The molecule has 0 aliphatic carbocycles. The Morgan fingerprint density at radius 1 is 0.857 bits per heavy atom. The Hall–Kier alpha value is -4.68. The number of hydrogen-bond donors (Lipinski definition) is 1. The van der Waals surface area contributed by atoms with Crippen LogP contribution in [0.5, 0.6) is 28.7 Å². The van der Waals surface area contributed by atoms with E-state index in [1.54, 1.807) is 62.8 Å². The van der Waals surface area contributed by atoms with Gasteiger partial charge in [0, 0.05) is 44.1 Å². The molecular formula is C29H27ClN4O7S. The van der Waals surface area contributed by atoms with E-state index in [1.165, 1.54) is 41.6 Å². The van der Waals surface area contributed by atoms with Crippen molar-refractivity contribution in [2.45, 2.75) is 11.5 Å². The van der Waals surface area contributed by atoms with Crippen LogP contribution in [-0.4, -0.2) is 36.8 Å². The van der Waals surface area contributed by atoms with Crippen LogP contribution in [0.2, 0.25) is 5.15 Å². The summed E-state index contributed by atoms with van der Waals surface area (Å²) in [6.07, 6.45) is 1.62. The highest BCUT2D eigenvalue weighted by Gasteiger charge is 2.22. The summed E-state index contributed by atoms with van der Waals surface area (Å²) in [7, 11) is 1.99. The quantitative estimate of drug-likeness (QED) is 0.216. The second kappa shape index (κ2) is 11.7. The molecule has 0 bridgehead atoms. The van der Waals surface area contributed by atoms with Gasteiger partial charge in [0.15, 0.2) is 17.2 Å². The zero-order valence-corrected chi connectivity index (χ0v) is 24.7. The average molecular weight is 611 g/mol. The highest BCUT2D eigenvalue weighted by atomic mass is 35.5. The first-order valence-electron chi connectivity index (χ1n) is 12.5. The van der Waals surface area contributed by atoms with E-state index in [9.17, 15) is 13.2 Å². The van der Waals surface area contributed by atoms with Gasteiger partial charge in [-0.3, -0.25) is 13.9 Å². The predicted octanol–water partition coefficient (Wildman–Crippen LogP) is 5.11. The summed E-state index contributed by atoms with van der Waals surface area (Å²) >= 11 is 5.85. The summed E-state index contributed by atoms with van der Waals surface area (Å²) in [6.45, 7) is 0.252. The van der Waals surface area contributed by atoms with E-state index >= 15 is 0 Å². The number of hydrogen-bond acceptors (Lipinski definition) is 8. The number of aromatic nitrogens is 3. The average Bonchev–Trinajstić information content (AvgIpc) is 3.19. The van der Waals surface area contributed by atoms with Crippen LogP contribution in [0.15, 0.2) is 82.6 Å². The molecule has 0 saturated carbocycles. The van der Waals surface area contributed by atoms with Gasteiger partial charge in [0.05, 0.1) is 35.8 Å². The molecule has 2 heterocycles. The predicted molar refractivity (Wildman–Crippen MR) is 159 cm³/mol. The molecule has 0 radical (unpaired) electrons. The number of nitrogens with zero attached hydrogens (tertiary/aromatic N) is 3. The van der Waals surface area contributed by atoms with Gasteiger partial charge in [-0.2, -0.15) is 0 Å². The summed E-state index contributed by atoms with van der Waals surface area (Å²) in [6, 6.07) is 17.8. The summed E-state index contributed by atoms with van der Waals surface area (Å²) in [5, 5.41) is 0.389. The molecule has 0 spiro atoms. The molecular weight excluding hydrogens is 584 g/mol. The lowest BCUT2D eigenvalue weighted by Crippen LogP contribution is -2.19. The molecule has 0 atom stereocenters. The lowest BCUT2D eigenvalue weighted by atomic mass is 10.2. The van der Waals surface area contributed by atoms with E-state index < -0.39 is 10.0 Å². The maximum absolute atomic E-state index is 13.5. The number of rotatable bonds is 10. The molecule has 5 aromatic rings. The number of nitrogens with one attached hydrogen (secondary N) is 1. The zero-order chi connectivity index (χ0) is 30.0. The van der Waals surface area contributed by atoms with E-state index in [-0.39, 0.29) is 34.4 Å². The first-order valence-corrected chi connectivity index (χ1v) is 14.4. The van der Waals surface area contributed by atoms with Gasteiger partial charge in [-0.25, -0.2) is 18.2 Å². The van der Waals surface area contributed by atoms with Crippen LogP contribution >= 0.6 is 11.6 Å². The van der Waals surface area contributed by atoms with Crippen molar-refractivity contribution < 1.29 is 27.4 Å². The lowest BCUT2D eigenvalue weighted by Gasteiger charge is -2.16. The van der Waals surface area contributed by atoms with Gasteiger partial charge in [-0.15, -0.1) is 0 Å². The van der Waals surface area contributed by atoms with Crippen molar-refractivity contribution in [3.63, 3.8) is 0 Å². The van der Waals surface area contributed by atoms with Crippen molar-refractivity contribution in [1.29, 1.82) is 0 Å². The van der Waals surface area contributed by atoms with Gasteiger partial charge in [0.25, 0.3) is 10.0 Å². The molecule has 218 valence electrons. The van der Waals surface area contributed by atoms with Crippen molar-refractivity contribution >= 4 is 38.3 Å². The first-order chi connectivity index (χ1) is 20.1. The summed E-state index contributed by atoms with van der Waals surface area (Å²) < 4.78 is 55.0. The Bertz CT molecular complexity index is 1940. The molecule has 42 heavy (non-hydrogen) atoms. The Kier molecular flexibility index (Phi) is 8.01. The number of imidazole rings is 1. The third-order valence-electron chi connectivity index (χ3n) is 6.51. The molecule has 13 heteroatoms. The second-order valence-electron chi connectivity index (χ2n) is 9.21. The molecule has 0 amide bonds. The van der Waals surface area contributed by atoms with Crippen LogP contribution < -0.4 is 29.4 Å². The van der Waals surface area contributed by atoms with Crippen LogP contribution in [0.4, 0.5) is 5.69 Å². The van der Waals surface area contributed by atoms with Crippen LogP contribution in [0.3, 0.4) is 0 Å². The van der Waals surface area contributed by atoms with Gasteiger partial charge in [0.1, 0.15) is 23.3 Å². The minimum Gasteiger partial charge on any atom is -0.493 e. The third-order valence-corrected chi connectivity index (χ3v) is 8.10. The molecule has 1 N–H and O–H groups in total. The standard InChI is InChI=1S/C29H27ClN4O7S/c1-33-23-14-22(32-42(36,37)21-9-10-25(38-3)27(13-21)39-4)26(15-24(23)34(2)29(33)35)41-20-7-5-6-19(12-20)40-17-18-8-11-28(30)31-16-18/h5-16,32H,17H2,1-4H3. The summed E-state index contributed by atoms with van der Waals surface area (Å²) in [5.41, 5.74) is 1.73. The molecule has 3 aromatic carbocycles. The number of pyridine rings is 1. The number of methoxy groups -OCH3 is 2. The number of fused-ring (bicyclic) bond motifs is 1. The smallest absolute Gasteiger partial charge is 0.328 e. The Morgan fingerprint density at radius 3 is 2.26 bits per heavy atom. The monoisotopic (exact) mass is 610 g/mol. The molecule has 0 saturated heterocycles. The molecule has 0 unspecified atom stereocenters. The lowest BCUT2D eigenvalue weighted by molar-refractivity contribution is 0.304. The van der Waals surface area contributed by atoms with Crippen molar-refractivity contribution in [2.24, 2.45) is 14.1 Å². The van der Waals surface area contributed by atoms with Crippen molar-refractivity contribution in [3.05, 3.63) is 94.1 Å². The number of anilines is 1. The Morgan fingerprint density at radius 2 is 1.57 bits per heavy atom.